The first kappa shape index (κ1) is 18.7. The molecule has 0 aliphatic carbocycles. The van der Waals surface area contributed by atoms with Gasteiger partial charge in [-0.15, -0.1) is 0 Å². The molecule has 0 fully saturated rings. The monoisotopic (exact) mass is 365 g/mol. The quantitative estimate of drug-likeness (QED) is 0.493. The first-order valence-corrected chi connectivity index (χ1v) is 9.20. The number of H-pyrrole nitrogens is 1. The minimum Gasteiger partial charge on any atom is -0.493 e. The van der Waals surface area contributed by atoms with E-state index in [0.717, 1.165) is 24.0 Å². The van der Waals surface area contributed by atoms with E-state index in [9.17, 15) is 9.59 Å². The van der Waals surface area contributed by atoms with Gasteiger partial charge in [-0.3, -0.25) is 4.79 Å². The SMILES string of the molecule is CCCCOc1cc2c(=O)c(C(=O)OCC)c[nH]c2cc1-c1ccccc1. The first-order valence-electron chi connectivity index (χ1n) is 9.20. The van der Waals surface area contributed by atoms with Crippen LogP contribution in [0.5, 0.6) is 5.75 Å². The second-order valence-corrected chi connectivity index (χ2v) is 6.21. The number of carbonyl (C=O) groups excluding carboxylic acids is 1. The molecule has 0 amide bonds. The predicted octanol–water partition coefficient (Wildman–Crippen LogP) is 4.55. The highest BCUT2D eigenvalue weighted by Gasteiger charge is 2.17. The van der Waals surface area contributed by atoms with E-state index < -0.39 is 5.97 Å². The normalized spacial score (nSPS) is 10.7. The standard InChI is InChI=1S/C22H23NO4/c1-3-5-11-27-20-13-17-19(12-16(20)15-9-7-6-8-10-15)23-14-18(21(17)24)22(25)26-4-2/h6-10,12-14H,3-5,11H2,1-2H3,(H,23,24). The Morgan fingerprint density at radius 3 is 2.59 bits per heavy atom. The van der Waals surface area contributed by atoms with Gasteiger partial charge in [0.1, 0.15) is 11.3 Å². The molecule has 0 saturated heterocycles. The fraction of sp³-hybridized carbons (Fsp3) is 0.273. The lowest BCUT2D eigenvalue weighted by Crippen LogP contribution is -2.18. The van der Waals surface area contributed by atoms with Crippen molar-refractivity contribution < 1.29 is 14.3 Å². The highest BCUT2D eigenvalue weighted by atomic mass is 16.5. The van der Waals surface area contributed by atoms with E-state index in [2.05, 4.69) is 11.9 Å². The molecule has 0 unspecified atom stereocenters. The van der Waals surface area contributed by atoms with Gasteiger partial charge in [0.2, 0.25) is 5.43 Å². The number of aromatic amines is 1. The van der Waals surface area contributed by atoms with Gasteiger partial charge in [0.25, 0.3) is 0 Å². The summed E-state index contributed by atoms with van der Waals surface area (Å²) in [6, 6.07) is 13.5. The fourth-order valence-corrected chi connectivity index (χ4v) is 2.90. The van der Waals surface area contributed by atoms with Gasteiger partial charge in [0.15, 0.2) is 0 Å². The average Bonchev–Trinajstić information content (AvgIpc) is 2.69. The van der Waals surface area contributed by atoms with Crippen LogP contribution in [-0.4, -0.2) is 24.2 Å². The van der Waals surface area contributed by atoms with E-state index in [0.29, 0.717) is 23.3 Å². The average molecular weight is 365 g/mol. The van der Waals surface area contributed by atoms with Crippen molar-refractivity contribution in [1.29, 1.82) is 0 Å². The number of unbranched alkanes of at least 4 members (excludes halogenated alkanes) is 1. The van der Waals surface area contributed by atoms with Crippen molar-refractivity contribution in [2.24, 2.45) is 0 Å². The summed E-state index contributed by atoms with van der Waals surface area (Å²) in [6.07, 6.45) is 3.35. The number of carbonyl (C=O) groups is 1. The summed E-state index contributed by atoms with van der Waals surface area (Å²) < 4.78 is 10.9. The van der Waals surface area contributed by atoms with Gasteiger partial charge in [-0.05, 0) is 31.0 Å². The van der Waals surface area contributed by atoms with Crippen LogP contribution in [0.2, 0.25) is 0 Å². The van der Waals surface area contributed by atoms with Crippen molar-refractivity contribution in [2.75, 3.05) is 13.2 Å². The van der Waals surface area contributed by atoms with Gasteiger partial charge in [-0.25, -0.2) is 4.79 Å². The van der Waals surface area contributed by atoms with Gasteiger partial charge >= 0.3 is 5.97 Å². The lowest BCUT2D eigenvalue weighted by atomic mass is 10.0. The number of aromatic nitrogens is 1. The third-order valence-corrected chi connectivity index (χ3v) is 4.32. The first-order chi connectivity index (χ1) is 13.2. The van der Waals surface area contributed by atoms with Crippen LogP contribution in [0.25, 0.3) is 22.0 Å². The van der Waals surface area contributed by atoms with Gasteiger partial charge in [-0.1, -0.05) is 43.7 Å². The number of esters is 1. The van der Waals surface area contributed by atoms with Crippen molar-refractivity contribution in [3.63, 3.8) is 0 Å². The Labute approximate surface area is 157 Å². The summed E-state index contributed by atoms with van der Waals surface area (Å²) in [4.78, 5) is 27.9. The molecule has 0 atom stereocenters. The molecule has 1 aromatic heterocycles. The number of pyridine rings is 1. The van der Waals surface area contributed by atoms with Crippen LogP contribution in [0, 0.1) is 0 Å². The van der Waals surface area contributed by atoms with Crippen molar-refractivity contribution in [1.82, 2.24) is 4.98 Å². The van der Waals surface area contributed by atoms with E-state index >= 15 is 0 Å². The molecular weight excluding hydrogens is 342 g/mol. The summed E-state index contributed by atoms with van der Waals surface area (Å²) in [5.41, 5.74) is 2.19. The van der Waals surface area contributed by atoms with Crippen LogP contribution in [-0.2, 0) is 4.74 Å². The maximum absolute atomic E-state index is 12.8. The van der Waals surface area contributed by atoms with Gasteiger partial charge < -0.3 is 14.5 Å². The molecule has 0 aliphatic rings. The number of rotatable bonds is 7. The molecule has 0 saturated carbocycles. The van der Waals surface area contributed by atoms with E-state index in [1.807, 2.05) is 36.4 Å². The minimum absolute atomic E-state index is 0.00341. The minimum atomic E-state index is -0.624. The van der Waals surface area contributed by atoms with E-state index in [-0.39, 0.29) is 17.6 Å². The van der Waals surface area contributed by atoms with Crippen LogP contribution in [0.1, 0.15) is 37.0 Å². The third-order valence-electron chi connectivity index (χ3n) is 4.32. The molecule has 0 radical (unpaired) electrons. The largest absolute Gasteiger partial charge is 0.493 e. The van der Waals surface area contributed by atoms with Crippen LogP contribution >= 0.6 is 0 Å². The third kappa shape index (κ3) is 4.03. The Bertz CT molecular complexity index is 992. The van der Waals surface area contributed by atoms with E-state index in [4.69, 9.17) is 9.47 Å². The Hall–Kier alpha value is -3.08. The fourth-order valence-electron chi connectivity index (χ4n) is 2.90. The molecule has 0 spiro atoms. The van der Waals surface area contributed by atoms with E-state index in [1.54, 1.807) is 13.0 Å². The molecule has 3 rings (SSSR count). The molecule has 0 aliphatic heterocycles. The summed E-state index contributed by atoms with van der Waals surface area (Å²) in [6.45, 7) is 4.59. The van der Waals surface area contributed by atoms with Crippen LogP contribution in [0.4, 0.5) is 0 Å². The predicted molar refractivity (Wildman–Crippen MR) is 106 cm³/mol. The van der Waals surface area contributed by atoms with Crippen molar-refractivity contribution in [3.8, 4) is 16.9 Å². The lowest BCUT2D eigenvalue weighted by molar-refractivity contribution is 0.0524. The van der Waals surface area contributed by atoms with Crippen LogP contribution in [0.3, 0.4) is 0 Å². The van der Waals surface area contributed by atoms with Gasteiger partial charge in [0, 0.05) is 11.8 Å². The Balaban J connectivity index is 2.15. The molecule has 2 aromatic carbocycles. The van der Waals surface area contributed by atoms with Gasteiger partial charge in [0.05, 0.1) is 24.1 Å². The topological polar surface area (TPSA) is 68.4 Å². The zero-order valence-corrected chi connectivity index (χ0v) is 15.6. The Morgan fingerprint density at radius 2 is 1.89 bits per heavy atom. The van der Waals surface area contributed by atoms with Crippen LogP contribution < -0.4 is 10.2 Å². The molecule has 140 valence electrons. The number of fused-ring (bicyclic) bond motifs is 1. The van der Waals surface area contributed by atoms with Crippen LogP contribution in [0.15, 0.2) is 53.5 Å². The smallest absolute Gasteiger partial charge is 0.343 e. The summed E-state index contributed by atoms with van der Waals surface area (Å²) in [5.74, 6) is 0.00916. The highest BCUT2D eigenvalue weighted by molar-refractivity contribution is 5.95. The zero-order chi connectivity index (χ0) is 19.2. The maximum Gasteiger partial charge on any atom is 0.343 e. The summed E-state index contributed by atoms with van der Waals surface area (Å²) >= 11 is 0. The molecule has 1 heterocycles. The summed E-state index contributed by atoms with van der Waals surface area (Å²) in [7, 11) is 0. The molecule has 5 nitrogen and oxygen atoms in total. The lowest BCUT2D eigenvalue weighted by Gasteiger charge is -2.13. The molecule has 5 heteroatoms. The number of nitrogens with one attached hydrogen (secondary N) is 1. The Kier molecular flexibility index (Phi) is 5.91. The van der Waals surface area contributed by atoms with E-state index in [1.165, 1.54) is 6.20 Å². The molecule has 0 bridgehead atoms. The van der Waals surface area contributed by atoms with Crippen molar-refractivity contribution >= 4 is 16.9 Å². The molecular formula is C22H23NO4. The summed E-state index contributed by atoms with van der Waals surface area (Å²) in [5, 5.41) is 0.409. The number of hydrogen-bond acceptors (Lipinski definition) is 4. The Morgan fingerprint density at radius 1 is 1.11 bits per heavy atom. The molecule has 3 aromatic rings. The molecule has 1 N–H and O–H groups in total. The zero-order valence-electron chi connectivity index (χ0n) is 15.6. The van der Waals surface area contributed by atoms with Crippen molar-refractivity contribution in [2.45, 2.75) is 26.7 Å². The number of ether oxygens (including phenoxy) is 2. The number of hydrogen-bond donors (Lipinski definition) is 1. The van der Waals surface area contributed by atoms with Gasteiger partial charge in [-0.2, -0.15) is 0 Å². The second-order valence-electron chi connectivity index (χ2n) is 6.21. The maximum atomic E-state index is 12.8. The molecule has 27 heavy (non-hydrogen) atoms. The highest BCUT2D eigenvalue weighted by Crippen LogP contribution is 2.33. The number of benzene rings is 2. The van der Waals surface area contributed by atoms with Crippen molar-refractivity contribution in [3.05, 3.63) is 64.4 Å². The second kappa shape index (κ2) is 8.54.